The van der Waals surface area contributed by atoms with Gasteiger partial charge < -0.3 is 15.8 Å². The Morgan fingerprint density at radius 3 is 2.72 bits per heavy atom. The number of nitrogens with zero attached hydrogens (tertiary/aromatic N) is 2. The summed E-state index contributed by atoms with van der Waals surface area (Å²) in [6.45, 7) is 2.01. The summed E-state index contributed by atoms with van der Waals surface area (Å²) in [5, 5.41) is 3.18. The van der Waals surface area contributed by atoms with Gasteiger partial charge in [-0.3, -0.25) is 0 Å². The fourth-order valence-corrected chi connectivity index (χ4v) is 1.99. The summed E-state index contributed by atoms with van der Waals surface area (Å²) in [6.07, 6.45) is 0. The van der Waals surface area contributed by atoms with E-state index in [0.717, 1.165) is 15.7 Å². The van der Waals surface area contributed by atoms with E-state index in [1.54, 1.807) is 6.07 Å². The lowest BCUT2D eigenvalue weighted by Gasteiger charge is -2.10. The predicted molar refractivity (Wildman–Crippen MR) is 75.2 cm³/mol. The van der Waals surface area contributed by atoms with Crippen LogP contribution < -0.4 is 15.8 Å². The van der Waals surface area contributed by atoms with E-state index in [1.807, 2.05) is 25.1 Å². The lowest BCUT2D eigenvalue weighted by atomic mass is 10.2. The molecule has 0 saturated carbocycles. The van der Waals surface area contributed by atoms with Gasteiger partial charge in [-0.15, -0.1) is 0 Å². The number of hydrogen-bond donors (Lipinski definition) is 2. The Morgan fingerprint density at radius 2 is 2.06 bits per heavy atom. The molecule has 0 aliphatic carbocycles. The van der Waals surface area contributed by atoms with Crippen molar-refractivity contribution < 1.29 is 4.74 Å². The summed E-state index contributed by atoms with van der Waals surface area (Å²) < 4.78 is 6.08. The molecule has 0 radical (unpaired) electrons. The van der Waals surface area contributed by atoms with E-state index >= 15 is 0 Å². The van der Waals surface area contributed by atoms with Gasteiger partial charge in [0.15, 0.2) is 0 Å². The van der Waals surface area contributed by atoms with Crippen molar-refractivity contribution in [1.82, 2.24) is 9.97 Å². The average molecular weight is 309 g/mol. The fourth-order valence-electron chi connectivity index (χ4n) is 1.52. The molecule has 0 saturated heterocycles. The minimum Gasteiger partial charge on any atom is -0.481 e. The molecule has 0 aliphatic rings. The molecule has 0 amide bonds. The number of nitrogen functional groups attached to an aromatic ring is 1. The van der Waals surface area contributed by atoms with Crippen LogP contribution in [0.5, 0.6) is 5.88 Å². The van der Waals surface area contributed by atoms with Gasteiger partial charge in [0.25, 0.3) is 0 Å². The largest absolute Gasteiger partial charge is 0.481 e. The molecular formula is C12H13BrN4O. The number of ether oxygens (including phenoxy) is 1. The highest BCUT2D eigenvalue weighted by atomic mass is 79.9. The minimum atomic E-state index is 0.173. The molecule has 18 heavy (non-hydrogen) atoms. The summed E-state index contributed by atoms with van der Waals surface area (Å²) in [7, 11) is 1.54. The van der Waals surface area contributed by atoms with Crippen LogP contribution >= 0.6 is 15.9 Å². The maximum absolute atomic E-state index is 5.60. The van der Waals surface area contributed by atoms with Crippen molar-refractivity contribution >= 4 is 33.4 Å². The van der Waals surface area contributed by atoms with E-state index in [1.165, 1.54) is 7.11 Å². The first kappa shape index (κ1) is 12.6. The van der Waals surface area contributed by atoms with Crippen molar-refractivity contribution in [3.63, 3.8) is 0 Å². The Balaban J connectivity index is 2.30. The number of aryl methyl sites for hydroxylation is 1. The molecule has 1 heterocycles. The van der Waals surface area contributed by atoms with E-state index in [4.69, 9.17) is 10.5 Å². The van der Waals surface area contributed by atoms with E-state index in [9.17, 15) is 0 Å². The molecule has 0 aliphatic heterocycles. The van der Waals surface area contributed by atoms with E-state index in [2.05, 4.69) is 31.2 Å². The maximum Gasteiger partial charge on any atom is 0.225 e. The zero-order valence-electron chi connectivity index (χ0n) is 10.1. The first-order chi connectivity index (χ1) is 8.58. The zero-order chi connectivity index (χ0) is 13.1. The van der Waals surface area contributed by atoms with Crippen molar-refractivity contribution in [2.24, 2.45) is 0 Å². The second-order valence-corrected chi connectivity index (χ2v) is 4.65. The molecule has 5 nitrogen and oxygen atoms in total. The Bertz CT molecular complexity index is 574. The van der Waals surface area contributed by atoms with E-state index < -0.39 is 0 Å². The maximum atomic E-state index is 5.60. The van der Waals surface area contributed by atoms with Gasteiger partial charge in [-0.25, -0.2) is 0 Å². The van der Waals surface area contributed by atoms with Crippen LogP contribution in [-0.2, 0) is 0 Å². The molecule has 3 N–H and O–H groups in total. The van der Waals surface area contributed by atoms with Gasteiger partial charge in [-0.05, 0) is 30.7 Å². The van der Waals surface area contributed by atoms with Gasteiger partial charge in [-0.1, -0.05) is 15.9 Å². The predicted octanol–water partition coefficient (Wildman–Crippen LogP) is 2.88. The highest BCUT2D eigenvalue weighted by Crippen LogP contribution is 2.24. The molecule has 0 unspecified atom stereocenters. The van der Waals surface area contributed by atoms with E-state index in [-0.39, 0.29) is 5.95 Å². The number of halogens is 1. The Labute approximate surface area is 114 Å². The quantitative estimate of drug-likeness (QED) is 0.912. The first-order valence-electron chi connectivity index (χ1n) is 5.30. The molecule has 0 bridgehead atoms. The van der Waals surface area contributed by atoms with Crippen molar-refractivity contribution in [2.75, 3.05) is 18.2 Å². The number of anilines is 3. The van der Waals surface area contributed by atoms with Crippen LogP contribution in [0, 0.1) is 6.92 Å². The summed E-state index contributed by atoms with van der Waals surface area (Å²) in [4.78, 5) is 8.03. The summed E-state index contributed by atoms with van der Waals surface area (Å²) in [6, 6.07) is 7.63. The number of nitrogens with one attached hydrogen (secondary N) is 1. The second kappa shape index (κ2) is 5.22. The molecule has 2 rings (SSSR count). The lowest BCUT2D eigenvalue weighted by molar-refractivity contribution is 0.398. The van der Waals surface area contributed by atoms with Crippen molar-refractivity contribution in [3.05, 3.63) is 34.3 Å². The van der Waals surface area contributed by atoms with E-state index in [0.29, 0.717) is 11.7 Å². The highest BCUT2D eigenvalue weighted by Gasteiger charge is 2.04. The van der Waals surface area contributed by atoms with Crippen LogP contribution in [0.15, 0.2) is 28.7 Å². The van der Waals surface area contributed by atoms with Crippen LogP contribution in [0.3, 0.4) is 0 Å². The third kappa shape index (κ3) is 2.89. The first-order valence-corrected chi connectivity index (χ1v) is 6.09. The SMILES string of the molecule is COc1cc(Nc2ccc(Br)cc2C)nc(N)n1. The Hall–Kier alpha value is -1.82. The van der Waals surface area contributed by atoms with Crippen LogP contribution in [-0.4, -0.2) is 17.1 Å². The van der Waals surface area contributed by atoms with Crippen LogP contribution in [0.2, 0.25) is 0 Å². The molecule has 1 aromatic carbocycles. The monoisotopic (exact) mass is 308 g/mol. The summed E-state index contributed by atoms with van der Waals surface area (Å²) in [5.41, 5.74) is 7.66. The third-order valence-electron chi connectivity index (χ3n) is 2.38. The third-order valence-corrected chi connectivity index (χ3v) is 2.87. The van der Waals surface area contributed by atoms with Gasteiger partial charge in [0.05, 0.1) is 7.11 Å². The van der Waals surface area contributed by atoms with Crippen molar-refractivity contribution in [3.8, 4) is 5.88 Å². The van der Waals surface area contributed by atoms with Crippen molar-refractivity contribution in [2.45, 2.75) is 6.92 Å². The average Bonchev–Trinajstić information content (AvgIpc) is 2.32. The van der Waals surface area contributed by atoms with Crippen LogP contribution in [0.4, 0.5) is 17.5 Å². The molecule has 0 fully saturated rings. The zero-order valence-corrected chi connectivity index (χ0v) is 11.7. The smallest absolute Gasteiger partial charge is 0.225 e. The number of nitrogens with two attached hydrogens (primary N) is 1. The number of methoxy groups -OCH3 is 1. The molecule has 94 valence electrons. The second-order valence-electron chi connectivity index (χ2n) is 3.74. The van der Waals surface area contributed by atoms with Crippen LogP contribution in [0.1, 0.15) is 5.56 Å². The molecule has 0 atom stereocenters. The van der Waals surface area contributed by atoms with Gasteiger partial charge in [-0.2, -0.15) is 9.97 Å². The molecule has 2 aromatic rings. The summed E-state index contributed by atoms with van der Waals surface area (Å²) in [5.74, 6) is 1.20. The van der Waals surface area contributed by atoms with Gasteiger partial charge in [0.1, 0.15) is 5.82 Å². The normalized spacial score (nSPS) is 10.2. The van der Waals surface area contributed by atoms with Gasteiger partial charge >= 0.3 is 0 Å². The van der Waals surface area contributed by atoms with Gasteiger partial charge in [0.2, 0.25) is 11.8 Å². The molecule has 6 heteroatoms. The van der Waals surface area contributed by atoms with Crippen LogP contribution in [0.25, 0.3) is 0 Å². The Kier molecular flexibility index (Phi) is 3.66. The molecule has 1 aromatic heterocycles. The minimum absolute atomic E-state index is 0.173. The highest BCUT2D eigenvalue weighted by molar-refractivity contribution is 9.10. The molecular weight excluding hydrogens is 296 g/mol. The number of aromatic nitrogens is 2. The van der Waals surface area contributed by atoms with Gasteiger partial charge in [0, 0.05) is 16.2 Å². The topological polar surface area (TPSA) is 73.1 Å². The lowest BCUT2D eigenvalue weighted by Crippen LogP contribution is -2.02. The fraction of sp³-hybridized carbons (Fsp3) is 0.167. The summed E-state index contributed by atoms with van der Waals surface area (Å²) >= 11 is 3.42. The molecule has 0 spiro atoms. The van der Waals surface area contributed by atoms with Crippen molar-refractivity contribution in [1.29, 1.82) is 0 Å². The number of hydrogen-bond acceptors (Lipinski definition) is 5. The standard InChI is InChI=1S/C12H13BrN4O/c1-7-5-8(13)3-4-9(7)15-10-6-11(18-2)17-12(14)16-10/h3-6H,1-2H3,(H3,14,15,16,17). The Morgan fingerprint density at radius 1 is 1.28 bits per heavy atom. The number of rotatable bonds is 3. The number of benzene rings is 1.